The van der Waals surface area contributed by atoms with E-state index in [0.717, 1.165) is 20.9 Å². The van der Waals surface area contributed by atoms with Crippen LogP contribution >= 0.6 is 11.3 Å². The fourth-order valence-corrected chi connectivity index (χ4v) is 2.97. The van der Waals surface area contributed by atoms with Crippen molar-refractivity contribution in [1.82, 2.24) is 0 Å². The maximum absolute atomic E-state index is 11.2. The van der Waals surface area contributed by atoms with Gasteiger partial charge in [0.25, 0.3) is 0 Å². The van der Waals surface area contributed by atoms with Crippen molar-refractivity contribution >= 4 is 17.3 Å². The van der Waals surface area contributed by atoms with Gasteiger partial charge in [-0.05, 0) is 19.4 Å². The van der Waals surface area contributed by atoms with Gasteiger partial charge in [-0.25, -0.2) is 4.79 Å². The van der Waals surface area contributed by atoms with E-state index in [0.29, 0.717) is 5.56 Å². The SMILES string of the molecule is Cc1sc(C)c(-c2ccccc2)c1C(=O)O. The van der Waals surface area contributed by atoms with E-state index in [4.69, 9.17) is 0 Å². The van der Waals surface area contributed by atoms with E-state index in [1.807, 2.05) is 44.2 Å². The summed E-state index contributed by atoms with van der Waals surface area (Å²) in [5.41, 5.74) is 2.27. The Morgan fingerprint density at radius 1 is 1.12 bits per heavy atom. The molecule has 0 aliphatic carbocycles. The van der Waals surface area contributed by atoms with Crippen LogP contribution < -0.4 is 0 Å². The van der Waals surface area contributed by atoms with Crippen molar-refractivity contribution in [1.29, 1.82) is 0 Å². The van der Waals surface area contributed by atoms with E-state index in [1.165, 1.54) is 11.3 Å². The molecule has 3 heteroatoms. The van der Waals surface area contributed by atoms with E-state index in [9.17, 15) is 9.90 Å². The predicted octanol–water partition coefficient (Wildman–Crippen LogP) is 3.73. The molecular weight excluding hydrogens is 220 g/mol. The number of aryl methyl sites for hydroxylation is 2. The molecular formula is C13H12O2S. The Balaban J connectivity index is 2.69. The van der Waals surface area contributed by atoms with Crippen molar-refractivity contribution in [3.63, 3.8) is 0 Å². The number of hydrogen-bond donors (Lipinski definition) is 1. The highest BCUT2D eigenvalue weighted by molar-refractivity contribution is 7.12. The van der Waals surface area contributed by atoms with E-state index >= 15 is 0 Å². The summed E-state index contributed by atoms with van der Waals surface area (Å²) in [6.45, 7) is 3.82. The van der Waals surface area contributed by atoms with Gasteiger partial charge in [-0.15, -0.1) is 11.3 Å². The molecule has 16 heavy (non-hydrogen) atoms. The number of carboxylic acids is 1. The third kappa shape index (κ3) is 1.74. The molecule has 1 aromatic carbocycles. The molecule has 0 atom stereocenters. The van der Waals surface area contributed by atoms with Gasteiger partial charge in [-0.1, -0.05) is 30.3 Å². The molecule has 2 nitrogen and oxygen atoms in total. The number of thiophene rings is 1. The van der Waals surface area contributed by atoms with Crippen LogP contribution in [0.1, 0.15) is 20.1 Å². The average Bonchev–Trinajstić information content (AvgIpc) is 2.55. The molecule has 2 rings (SSSR count). The highest BCUT2D eigenvalue weighted by Gasteiger charge is 2.19. The van der Waals surface area contributed by atoms with Crippen molar-refractivity contribution in [3.05, 3.63) is 45.6 Å². The van der Waals surface area contributed by atoms with Gasteiger partial charge in [0, 0.05) is 15.3 Å². The molecule has 82 valence electrons. The topological polar surface area (TPSA) is 37.3 Å². The highest BCUT2D eigenvalue weighted by atomic mass is 32.1. The Morgan fingerprint density at radius 3 is 2.31 bits per heavy atom. The average molecular weight is 232 g/mol. The molecule has 0 radical (unpaired) electrons. The van der Waals surface area contributed by atoms with Crippen LogP contribution in [0.2, 0.25) is 0 Å². The third-order valence-electron chi connectivity index (χ3n) is 2.54. The van der Waals surface area contributed by atoms with E-state index in [2.05, 4.69) is 0 Å². The van der Waals surface area contributed by atoms with Crippen LogP contribution in [0.15, 0.2) is 30.3 Å². The monoisotopic (exact) mass is 232 g/mol. The Labute approximate surface area is 98.2 Å². The van der Waals surface area contributed by atoms with Crippen molar-refractivity contribution in [3.8, 4) is 11.1 Å². The Kier molecular flexibility index (Phi) is 2.79. The summed E-state index contributed by atoms with van der Waals surface area (Å²) in [7, 11) is 0. The van der Waals surface area contributed by atoms with Crippen LogP contribution in [0.5, 0.6) is 0 Å². The lowest BCUT2D eigenvalue weighted by molar-refractivity contribution is 0.0697. The molecule has 1 N–H and O–H groups in total. The maximum Gasteiger partial charge on any atom is 0.337 e. The first-order chi connectivity index (χ1) is 7.61. The largest absolute Gasteiger partial charge is 0.478 e. The fourth-order valence-electron chi connectivity index (χ4n) is 1.89. The van der Waals surface area contributed by atoms with Crippen molar-refractivity contribution in [2.24, 2.45) is 0 Å². The second-order valence-corrected chi connectivity index (χ2v) is 5.06. The van der Waals surface area contributed by atoms with Gasteiger partial charge in [0.2, 0.25) is 0 Å². The standard InChI is InChI=1S/C13H12O2S/c1-8-11(10-6-4-3-5-7-10)12(13(14)15)9(2)16-8/h3-7H,1-2H3,(H,14,15). The minimum atomic E-state index is -0.847. The number of benzene rings is 1. The summed E-state index contributed by atoms with van der Waals surface area (Å²) >= 11 is 1.54. The number of rotatable bonds is 2. The van der Waals surface area contributed by atoms with Crippen LogP contribution in [0.3, 0.4) is 0 Å². The van der Waals surface area contributed by atoms with Gasteiger partial charge in [0.1, 0.15) is 0 Å². The van der Waals surface area contributed by atoms with Gasteiger partial charge < -0.3 is 5.11 Å². The molecule has 0 bridgehead atoms. The molecule has 0 aliphatic heterocycles. The quantitative estimate of drug-likeness (QED) is 0.856. The number of hydrogen-bond acceptors (Lipinski definition) is 2. The molecule has 0 unspecified atom stereocenters. The summed E-state index contributed by atoms with van der Waals surface area (Å²) < 4.78 is 0. The first-order valence-electron chi connectivity index (χ1n) is 5.00. The first kappa shape index (κ1) is 10.9. The van der Waals surface area contributed by atoms with Crippen LogP contribution in [-0.4, -0.2) is 11.1 Å². The van der Waals surface area contributed by atoms with Crippen molar-refractivity contribution in [2.45, 2.75) is 13.8 Å². The molecule has 0 aliphatic rings. The second kappa shape index (κ2) is 4.10. The Morgan fingerprint density at radius 2 is 1.75 bits per heavy atom. The zero-order valence-corrected chi connectivity index (χ0v) is 9.97. The lowest BCUT2D eigenvalue weighted by Crippen LogP contribution is -1.98. The maximum atomic E-state index is 11.2. The summed E-state index contributed by atoms with van der Waals surface area (Å²) in [5, 5.41) is 9.23. The van der Waals surface area contributed by atoms with Crippen LogP contribution in [0.25, 0.3) is 11.1 Å². The third-order valence-corrected chi connectivity index (χ3v) is 3.56. The number of carboxylic acid groups (broad SMARTS) is 1. The lowest BCUT2D eigenvalue weighted by Gasteiger charge is -2.03. The van der Waals surface area contributed by atoms with E-state index in [1.54, 1.807) is 0 Å². The molecule has 0 saturated heterocycles. The zero-order valence-electron chi connectivity index (χ0n) is 9.15. The lowest BCUT2D eigenvalue weighted by atomic mass is 10.0. The van der Waals surface area contributed by atoms with Crippen LogP contribution in [-0.2, 0) is 0 Å². The van der Waals surface area contributed by atoms with E-state index < -0.39 is 5.97 Å². The zero-order chi connectivity index (χ0) is 11.7. The van der Waals surface area contributed by atoms with Gasteiger partial charge in [0.05, 0.1) is 5.56 Å². The van der Waals surface area contributed by atoms with Gasteiger partial charge in [0.15, 0.2) is 0 Å². The Hall–Kier alpha value is -1.61. The molecule has 1 aromatic heterocycles. The minimum Gasteiger partial charge on any atom is -0.478 e. The first-order valence-corrected chi connectivity index (χ1v) is 5.81. The highest BCUT2D eigenvalue weighted by Crippen LogP contribution is 2.35. The summed E-state index contributed by atoms with van der Waals surface area (Å²) in [5.74, 6) is -0.847. The molecule has 1 heterocycles. The normalized spacial score (nSPS) is 10.4. The molecule has 0 saturated carbocycles. The molecule has 2 aromatic rings. The summed E-state index contributed by atoms with van der Waals surface area (Å²) in [6.07, 6.45) is 0. The van der Waals surface area contributed by atoms with Crippen molar-refractivity contribution in [2.75, 3.05) is 0 Å². The van der Waals surface area contributed by atoms with Gasteiger partial charge in [-0.3, -0.25) is 0 Å². The Bertz CT molecular complexity index is 526. The number of aromatic carboxylic acids is 1. The van der Waals surface area contributed by atoms with E-state index in [-0.39, 0.29) is 0 Å². The molecule has 0 spiro atoms. The summed E-state index contributed by atoms with van der Waals surface area (Å²) in [6, 6.07) is 9.67. The minimum absolute atomic E-state index is 0.439. The fraction of sp³-hybridized carbons (Fsp3) is 0.154. The second-order valence-electron chi connectivity index (χ2n) is 3.64. The smallest absolute Gasteiger partial charge is 0.337 e. The van der Waals surface area contributed by atoms with Crippen LogP contribution in [0, 0.1) is 13.8 Å². The van der Waals surface area contributed by atoms with Crippen molar-refractivity contribution < 1.29 is 9.90 Å². The predicted molar refractivity (Wildman–Crippen MR) is 66.2 cm³/mol. The van der Waals surface area contributed by atoms with Crippen LogP contribution in [0.4, 0.5) is 0 Å². The van der Waals surface area contributed by atoms with Gasteiger partial charge >= 0.3 is 5.97 Å². The molecule has 0 amide bonds. The van der Waals surface area contributed by atoms with Gasteiger partial charge in [-0.2, -0.15) is 0 Å². The summed E-state index contributed by atoms with van der Waals surface area (Å²) in [4.78, 5) is 13.2. The number of carbonyl (C=O) groups is 1. The molecule has 0 fully saturated rings.